The average Bonchev–Trinajstić information content (AvgIpc) is 2.23. The van der Waals surface area contributed by atoms with Crippen LogP contribution in [-0.2, 0) is 9.53 Å². The molecular formula is C13H20BrNO2. The zero-order valence-corrected chi connectivity index (χ0v) is 11.8. The summed E-state index contributed by atoms with van der Waals surface area (Å²) in [4.78, 5) is 11.8. The topological polar surface area (TPSA) is 52.3 Å². The Bertz CT molecular complexity index is 343. The van der Waals surface area contributed by atoms with Crippen molar-refractivity contribution in [2.75, 3.05) is 7.11 Å². The lowest BCUT2D eigenvalue weighted by Gasteiger charge is -2.61. The molecule has 4 saturated carbocycles. The Labute approximate surface area is 111 Å². The number of rotatable bonds is 2. The molecule has 2 N–H and O–H groups in total. The third-order valence-electron chi connectivity index (χ3n) is 5.15. The zero-order valence-electron chi connectivity index (χ0n) is 10.2. The van der Waals surface area contributed by atoms with Crippen molar-refractivity contribution >= 4 is 21.9 Å². The molecule has 0 saturated heterocycles. The van der Waals surface area contributed by atoms with Crippen molar-refractivity contribution in [3.8, 4) is 0 Å². The van der Waals surface area contributed by atoms with Crippen molar-refractivity contribution < 1.29 is 9.53 Å². The summed E-state index contributed by atoms with van der Waals surface area (Å²) in [6.45, 7) is 0. The lowest BCUT2D eigenvalue weighted by atomic mass is 9.47. The second kappa shape index (κ2) is 3.70. The van der Waals surface area contributed by atoms with Crippen LogP contribution < -0.4 is 5.73 Å². The van der Waals surface area contributed by atoms with Gasteiger partial charge in [-0.15, -0.1) is 0 Å². The molecule has 0 unspecified atom stereocenters. The third kappa shape index (κ3) is 1.75. The molecule has 4 heteroatoms. The number of ether oxygens (including phenoxy) is 1. The van der Waals surface area contributed by atoms with Crippen LogP contribution in [0.15, 0.2) is 0 Å². The van der Waals surface area contributed by atoms with Gasteiger partial charge in [0.25, 0.3) is 0 Å². The molecule has 0 radical (unpaired) electrons. The molecule has 0 aromatic rings. The van der Waals surface area contributed by atoms with Gasteiger partial charge in [0.15, 0.2) is 0 Å². The number of alkyl halides is 1. The minimum atomic E-state index is -0.435. The molecule has 4 fully saturated rings. The monoisotopic (exact) mass is 301 g/mol. The van der Waals surface area contributed by atoms with E-state index < -0.39 is 6.04 Å². The average molecular weight is 302 g/mol. The summed E-state index contributed by atoms with van der Waals surface area (Å²) in [5.41, 5.74) is 6.19. The fourth-order valence-electron chi connectivity index (χ4n) is 4.96. The van der Waals surface area contributed by atoms with Crippen LogP contribution in [0.2, 0.25) is 0 Å². The Balaban J connectivity index is 1.90. The first-order valence-corrected chi connectivity index (χ1v) is 7.28. The van der Waals surface area contributed by atoms with Crippen LogP contribution in [-0.4, -0.2) is 23.4 Å². The van der Waals surface area contributed by atoms with Crippen LogP contribution in [0.3, 0.4) is 0 Å². The zero-order chi connectivity index (χ0) is 12.3. The molecule has 0 heterocycles. The van der Waals surface area contributed by atoms with Crippen LogP contribution in [0.4, 0.5) is 0 Å². The summed E-state index contributed by atoms with van der Waals surface area (Å²) in [6.07, 6.45) is 7.14. The highest BCUT2D eigenvalue weighted by Crippen LogP contribution is 2.65. The molecule has 0 amide bonds. The van der Waals surface area contributed by atoms with Crippen molar-refractivity contribution in [1.29, 1.82) is 0 Å². The number of nitrogens with two attached hydrogens (primary N) is 1. The standard InChI is InChI=1S/C13H20BrNO2/c1-17-11(16)10(15)12-3-8-2-9(4-12)6-13(14,5-8)7-12/h8-10H,2-7,15H2,1H3/t8-,9-,10-,12?,13?/m1/s1. The Morgan fingerprint density at radius 3 is 2.41 bits per heavy atom. The largest absolute Gasteiger partial charge is 0.468 e. The van der Waals surface area contributed by atoms with Crippen molar-refractivity contribution in [3.05, 3.63) is 0 Å². The van der Waals surface area contributed by atoms with Gasteiger partial charge >= 0.3 is 5.97 Å². The molecule has 4 aliphatic carbocycles. The highest BCUT2D eigenvalue weighted by Gasteiger charge is 2.60. The molecule has 4 aliphatic rings. The number of esters is 1. The molecule has 0 aliphatic heterocycles. The van der Waals surface area contributed by atoms with Gasteiger partial charge < -0.3 is 10.5 Å². The van der Waals surface area contributed by atoms with E-state index in [1.807, 2.05) is 0 Å². The quantitative estimate of drug-likeness (QED) is 0.628. The highest BCUT2D eigenvalue weighted by atomic mass is 79.9. The number of carbonyl (C=O) groups is 1. The van der Waals surface area contributed by atoms with Gasteiger partial charge in [0.05, 0.1) is 7.11 Å². The predicted octanol–water partition coefficient (Wildman–Crippen LogP) is 2.22. The van der Waals surface area contributed by atoms with Crippen LogP contribution >= 0.6 is 15.9 Å². The van der Waals surface area contributed by atoms with Crippen LogP contribution in [0.25, 0.3) is 0 Å². The molecule has 4 bridgehead atoms. The van der Waals surface area contributed by atoms with Crippen molar-refractivity contribution in [1.82, 2.24) is 0 Å². The molecule has 0 aromatic heterocycles. The summed E-state index contributed by atoms with van der Waals surface area (Å²) in [6, 6.07) is -0.435. The Hall–Kier alpha value is -0.0900. The normalized spacial score (nSPS) is 49.1. The molecule has 0 spiro atoms. The van der Waals surface area contributed by atoms with Crippen molar-refractivity contribution in [3.63, 3.8) is 0 Å². The second-order valence-corrected chi connectivity index (χ2v) is 8.16. The van der Waals surface area contributed by atoms with E-state index in [0.717, 1.165) is 31.1 Å². The van der Waals surface area contributed by atoms with Crippen LogP contribution in [0, 0.1) is 17.3 Å². The van der Waals surface area contributed by atoms with Gasteiger partial charge in [-0.1, -0.05) is 15.9 Å². The second-order valence-electron chi connectivity index (χ2n) is 6.48. The summed E-state index contributed by atoms with van der Waals surface area (Å²) in [7, 11) is 1.44. The van der Waals surface area contributed by atoms with E-state index >= 15 is 0 Å². The maximum Gasteiger partial charge on any atom is 0.323 e. The van der Waals surface area contributed by atoms with Gasteiger partial charge in [-0.3, -0.25) is 4.79 Å². The smallest absolute Gasteiger partial charge is 0.323 e. The maximum absolute atomic E-state index is 11.8. The van der Waals surface area contributed by atoms with Crippen molar-refractivity contribution in [2.24, 2.45) is 23.0 Å². The van der Waals surface area contributed by atoms with Gasteiger partial charge in [-0.2, -0.15) is 0 Å². The van der Waals surface area contributed by atoms with Gasteiger partial charge in [-0.05, 0) is 55.8 Å². The minimum Gasteiger partial charge on any atom is -0.468 e. The van der Waals surface area contributed by atoms with E-state index in [4.69, 9.17) is 10.5 Å². The van der Waals surface area contributed by atoms with Crippen LogP contribution in [0.1, 0.15) is 38.5 Å². The molecule has 4 rings (SSSR count). The Kier molecular flexibility index (Phi) is 2.61. The number of hydrogen-bond acceptors (Lipinski definition) is 3. The van der Waals surface area contributed by atoms with E-state index in [2.05, 4.69) is 15.9 Å². The van der Waals surface area contributed by atoms with E-state index in [1.165, 1.54) is 26.4 Å². The number of methoxy groups -OCH3 is 1. The number of hydrogen-bond donors (Lipinski definition) is 1. The van der Waals surface area contributed by atoms with Gasteiger partial charge in [0.2, 0.25) is 0 Å². The van der Waals surface area contributed by atoms with E-state index in [9.17, 15) is 4.79 Å². The minimum absolute atomic E-state index is 0.000671. The van der Waals surface area contributed by atoms with Gasteiger partial charge in [-0.25, -0.2) is 0 Å². The highest BCUT2D eigenvalue weighted by molar-refractivity contribution is 9.10. The fourth-order valence-corrected chi connectivity index (χ4v) is 6.43. The van der Waals surface area contributed by atoms with Gasteiger partial charge in [0, 0.05) is 4.32 Å². The van der Waals surface area contributed by atoms with Crippen LogP contribution in [0.5, 0.6) is 0 Å². The molecule has 0 aromatic carbocycles. The summed E-state index contributed by atoms with van der Waals surface area (Å²) < 4.78 is 5.11. The summed E-state index contributed by atoms with van der Waals surface area (Å²) >= 11 is 3.92. The molecule has 3 atom stereocenters. The maximum atomic E-state index is 11.8. The molecule has 3 nitrogen and oxygen atoms in total. The van der Waals surface area contributed by atoms with Crippen molar-refractivity contribution in [2.45, 2.75) is 48.9 Å². The van der Waals surface area contributed by atoms with E-state index in [-0.39, 0.29) is 15.7 Å². The predicted molar refractivity (Wildman–Crippen MR) is 68.8 cm³/mol. The first-order valence-electron chi connectivity index (χ1n) is 6.49. The first-order chi connectivity index (χ1) is 7.96. The fraction of sp³-hybridized carbons (Fsp3) is 0.923. The third-order valence-corrected chi connectivity index (χ3v) is 6.08. The lowest BCUT2D eigenvalue weighted by Crippen LogP contribution is -2.61. The molecular weight excluding hydrogens is 282 g/mol. The molecule has 17 heavy (non-hydrogen) atoms. The lowest BCUT2D eigenvalue weighted by molar-refractivity contribution is -0.151. The molecule has 96 valence electrons. The Morgan fingerprint density at radius 2 is 1.94 bits per heavy atom. The Morgan fingerprint density at radius 1 is 1.35 bits per heavy atom. The SMILES string of the molecule is COC(=O)[C@@H](N)C12C[C@H]3C[C@@H](CC(Br)(C3)C1)C2. The first kappa shape index (κ1) is 12.0. The van der Waals surface area contributed by atoms with Gasteiger partial charge in [0.1, 0.15) is 6.04 Å². The summed E-state index contributed by atoms with van der Waals surface area (Å²) in [5.74, 6) is 1.28. The van der Waals surface area contributed by atoms with E-state index in [1.54, 1.807) is 0 Å². The summed E-state index contributed by atoms with van der Waals surface area (Å²) in [5, 5.41) is 0. The van der Waals surface area contributed by atoms with E-state index in [0.29, 0.717) is 0 Å². The number of carbonyl (C=O) groups excluding carboxylic acids is 1. The number of halogens is 1.